The van der Waals surface area contributed by atoms with Gasteiger partial charge in [-0.15, -0.1) is 0 Å². The fourth-order valence-electron chi connectivity index (χ4n) is 2.93. The highest BCUT2D eigenvalue weighted by Crippen LogP contribution is 2.21. The molecule has 5 nitrogen and oxygen atoms in total. The van der Waals surface area contributed by atoms with Crippen LogP contribution in [0.25, 0.3) is 0 Å². The first-order valence-corrected chi connectivity index (χ1v) is 7.34. The largest absolute Gasteiger partial charge is 0.354 e. The molecule has 0 radical (unpaired) electrons. The molecule has 1 atom stereocenters. The zero-order valence-corrected chi connectivity index (χ0v) is 13.9. The van der Waals surface area contributed by atoms with Crippen molar-refractivity contribution in [2.45, 2.75) is 53.5 Å². The lowest BCUT2D eigenvalue weighted by Crippen LogP contribution is -2.52. The lowest BCUT2D eigenvalue weighted by atomic mass is 9.90. The molecule has 0 aromatic carbocycles. The number of aryl methyl sites for hydroxylation is 1. The van der Waals surface area contributed by atoms with Crippen LogP contribution in [0.4, 0.5) is 0 Å². The van der Waals surface area contributed by atoms with Crippen LogP contribution in [0.3, 0.4) is 0 Å². The molecule has 1 aromatic rings. The minimum Gasteiger partial charge on any atom is -0.354 e. The maximum Gasteiger partial charge on any atom is 0.268 e. The zero-order valence-electron chi connectivity index (χ0n) is 13.9. The molecular weight excluding hydrogens is 266 g/mol. The van der Waals surface area contributed by atoms with E-state index in [9.17, 15) is 9.59 Å². The number of nitrogens with one attached hydrogen (secondary N) is 2. The van der Waals surface area contributed by atoms with Crippen molar-refractivity contribution in [1.29, 1.82) is 0 Å². The fraction of sp³-hybridized carbons (Fsp3) is 0.625. The number of nitrogens with two attached hydrogens (primary N) is 1. The van der Waals surface area contributed by atoms with Crippen LogP contribution < -0.4 is 11.1 Å². The van der Waals surface area contributed by atoms with Gasteiger partial charge in [0.05, 0.1) is 5.54 Å². The number of ketones is 1. The highest BCUT2D eigenvalue weighted by Gasteiger charge is 2.28. The first kappa shape index (κ1) is 17.4. The van der Waals surface area contributed by atoms with E-state index in [1.54, 1.807) is 13.8 Å². The highest BCUT2D eigenvalue weighted by atomic mass is 16.2. The number of rotatable bonds is 6. The van der Waals surface area contributed by atoms with Gasteiger partial charge < -0.3 is 16.0 Å². The molecule has 4 N–H and O–H groups in total. The molecule has 118 valence electrons. The van der Waals surface area contributed by atoms with E-state index in [4.69, 9.17) is 5.73 Å². The van der Waals surface area contributed by atoms with Gasteiger partial charge in [0.25, 0.3) is 5.91 Å². The summed E-state index contributed by atoms with van der Waals surface area (Å²) in [7, 11) is 0. The van der Waals surface area contributed by atoms with E-state index in [1.807, 2.05) is 6.92 Å². The lowest BCUT2D eigenvalue weighted by molar-refractivity contribution is 0.0893. The predicted octanol–water partition coefficient (Wildman–Crippen LogP) is 2.33. The van der Waals surface area contributed by atoms with Crippen molar-refractivity contribution >= 4 is 11.7 Å². The summed E-state index contributed by atoms with van der Waals surface area (Å²) < 4.78 is 0. The molecule has 0 aliphatic rings. The van der Waals surface area contributed by atoms with E-state index >= 15 is 0 Å². The van der Waals surface area contributed by atoms with Gasteiger partial charge in [-0.3, -0.25) is 9.59 Å². The third-order valence-electron chi connectivity index (χ3n) is 3.74. The molecule has 1 heterocycles. The van der Waals surface area contributed by atoms with Crippen molar-refractivity contribution in [3.05, 3.63) is 22.5 Å². The fourth-order valence-corrected chi connectivity index (χ4v) is 2.93. The van der Waals surface area contributed by atoms with E-state index < -0.39 is 5.54 Å². The van der Waals surface area contributed by atoms with Gasteiger partial charge in [-0.25, -0.2) is 0 Å². The second-order valence-corrected chi connectivity index (χ2v) is 6.50. The Kier molecular flexibility index (Phi) is 5.34. The summed E-state index contributed by atoms with van der Waals surface area (Å²) in [5.41, 5.74) is 7.84. The molecule has 1 rings (SSSR count). The third kappa shape index (κ3) is 3.94. The van der Waals surface area contributed by atoms with Crippen LogP contribution in [-0.2, 0) is 0 Å². The summed E-state index contributed by atoms with van der Waals surface area (Å²) in [5.74, 6) is 0.180. The van der Waals surface area contributed by atoms with Crippen LogP contribution in [0.2, 0.25) is 0 Å². The minimum atomic E-state index is -0.451. The predicted molar refractivity (Wildman–Crippen MR) is 84.7 cm³/mol. The number of H-pyrrole nitrogens is 1. The first-order valence-electron chi connectivity index (χ1n) is 7.34. The van der Waals surface area contributed by atoms with Gasteiger partial charge in [0.2, 0.25) is 0 Å². The summed E-state index contributed by atoms with van der Waals surface area (Å²) in [6.45, 7) is 11.6. The normalized spacial score (nSPS) is 14.1. The number of hydrogen-bond acceptors (Lipinski definition) is 3. The standard InChI is InChI=1S/C16H27N3O2/c1-9(2)7-16(6,8-17)19-15(21)14-10(3)13(12(5)20)11(4)18-14/h9,18H,7-8,17H2,1-6H3,(H,19,21). The smallest absolute Gasteiger partial charge is 0.268 e. The average Bonchev–Trinajstić information content (AvgIpc) is 2.63. The first-order chi connectivity index (χ1) is 9.61. The Balaban J connectivity index is 3.05. The SMILES string of the molecule is CC(=O)c1c(C)[nH]c(C(=O)NC(C)(CN)CC(C)C)c1C. The Bertz CT molecular complexity index is 546. The quantitative estimate of drug-likeness (QED) is 0.703. The Labute approximate surface area is 126 Å². The van der Waals surface area contributed by atoms with Crippen LogP contribution >= 0.6 is 0 Å². The monoisotopic (exact) mass is 293 g/mol. The molecule has 5 heteroatoms. The van der Waals surface area contributed by atoms with Gasteiger partial charge in [-0.2, -0.15) is 0 Å². The third-order valence-corrected chi connectivity index (χ3v) is 3.74. The van der Waals surface area contributed by atoms with Crippen molar-refractivity contribution in [1.82, 2.24) is 10.3 Å². The molecule has 21 heavy (non-hydrogen) atoms. The maximum absolute atomic E-state index is 12.5. The van der Waals surface area contributed by atoms with Gasteiger partial charge in [-0.05, 0) is 45.6 Å². The Hall–Kier alpha value is -1.62. The number of amides is 1. The van der Waals surface area contributed by atoms with Crippen LogP contribution in [0.15, 0.2) is 0 Å². The van der Waals surface area contributed by atoms with E-state index in [0.717, 1.165) is 12.1 Å². The van der Waals surface area contributed by atoms with Crippen molar-refractivity contribution < 1.29 is 9.59 Å². The van der Waals surface area contributed by atoms with Crippen molar-refractivity contribution in [2.24, 2.45) is 11.7 Å². The minimum absolute atomic E-state index is 0.0379. The Morgan fingerprint density at radius 3 is 2.29 bits per heavy atom. The molecule has 1 unspecified atom stereocenters. The van der Waals surface area contributed by atoms with E-state index in [1.165, 1.54) is 6.92 Å². The second-order valence-electron chi connectivity index (χ2n) is 6.50. The van der Waals surface area contributed by atoms with E-state index in [2.05, 4.69) is 24.1 Å². The number of aromatic nitrogens is 1. The van der Waals surface area contributed by atoms with Crippen LogP contribution in [0.5, 0.6) is 0 Å². The maximum atomic E-state index is 12.5. The number of Topliss-reactive ketones (excluding diaryl/α,β-unsaturated/α-hetero) is 1. The van der Waals surface area contributed by atoms with Gasteiger partial charge in [-0.1, -0.05) is 13.8 Å². The van der Waals surface area contributed by atoms with E-state index in [0.29, 0.717) is 29.3 Å². The highest BCUT2D eigenvalue weighted by molar-refractivity contribution is 6.02. The summed E-state index contributed by atoms with van der Waals surface area (Å²) >= 11 is 0. The molecule has 0 spiro atoms. The zero-order chi connectivity index (χ0) is 16.4. The number of aromatic amines is 1. The molecule has 0 saturated carbocycles. The van der Waals surface area contributed by atoms with Crippen molar-refractivity contribution in [3.8, 4) is 0 Å². The summed E-state index contributed by atoms with van der Waals surface area (Å²) in [4.78, 5) is 27.2. The Morgan fingerprint density at radius 2 is 1.90 bits per heavy atom. The molecule has 1 amide bonds. The lowest BCUT2D eigenvalue weighted by Gasteiger charge is -2.31. The van der Waals surface area contributed by atoms with Crippen molar-refractivity contribution in [3.63, 3.8) is 0 Å². The van der Waals surface area contributed by atoms with Gasteiger partial charge in [0, 0.05) is 17.8 Å². The van der Waals surface area contributed by atoms with Gasteiger partial charge >= 0.3 is 0 Å². The number of carbonyl (C=O) groups is 2. The molecule has 0 aliphatic heterocycles. The average molecular weight is 293 g/mol. The molecule has 0 saturated heterocycles. The number of carbonyl (C=O) groups excluding carboxylic acids is 2. The van der Waals surface area contributed by atoms with Crippen LogP contribution in [-0.4, -0.2) is 28.8 Å². The molecule has 0 aliphatic carbocycles. The Morgan fingerprint density at radius 1 is 1.33 bits per heavy atom. The summed E-state index contributed by atoms with van der Waals surface area (Å²) in [5, 5.41) is 3.00. The van der Waals surface area contributed by atoms with Crippen LogP contribution in [0, 0.1) is 19.8 Å². The van der Waals surface area contributed by atoms with Gasteiger partial charge in [0.1, 0.15) is 5.69 Å². The van der Waals surface area contributed by atoms with Crippen LogP contribution in [0.1, 0.15) is 66.2 Å². The molecule has 0 bridgehead atoms. The van der Waals surface area contributed by atoms with E-state index in [-0.39, 0.29) is 11.7 Å². The second kappa shape index (κ2) is 6.43. The van der Waals surface area contributed by atoms with Crippen molar-refractivity contribution in [2.75, 3.05) is 6.54 Å². The molecular formula is C16H27N3O2. The summed E-state index contributed by atoms with van der Waals surface area (Å²) in [6.07, 6.45) is 0.799. The molecule has 1 aromatic heterocycles. The topological polar surface area (TPSA) is 88.0 Å². The summed E-state index contributed by atoms with van der Waals surface area (Å²) in [6, 6.07) is 0. The number of hydrogen-bond donors (Lipinski definition) is 3. The van der Waals surface area contributed by atoms with Gasteiger partial charge in [0.15, 0.2) is 5.78 Å². The molecule has 0 fully saturated rings.